The fourth-order valence-corrected chi connectivity index (χ4v) is 3.87. The van der Waals surface area contributed by atoms with E-state index in [1.807, 2.05) is 13.1 Å². The summed E-state index contributed by atoms with van der Waals surface area (Å²) in [4.78, 5) is 24.8. The Morgan fingerprint density at radius 3 is 2.71 bits per heavy atom. The van der Waals surface area contributed by atoms with Crippen LogP contribution in [0.25, 0.3) is 5.65 Å². The highest BCUT2D eigenvalue weighted by Gasteiger charge is 2.33. The van der Waals surface area contributed by atoms with E-state index in [9.17, 15) is 18.0 Å². The summed E-state index contributed by atoms with van der Waals surface area (Å²) in [6, 6.07) is 7.00. The van der Waals surface area contributed by atoms with Gasteiger partial charge in [0.05, 0.1) is 31.2 Å². The Balaban J connectivity index is 1.35. The van der Waals surface area contributed by atoms with E-state index < -0.39 is 17.8 Å². The van der Waals surface area contributed by atoms with E-state index in [0.717, 1.165) is 17.4 Å². The first-order chi connectivity index (χ1) is 19.7. The van der Waals surface area contributed by atoms with Crippen LogP contribution in [-0.2, 0) is 17.5 Å². The van der Waals surface area contributed by atoms with Gasteiger partial charge in [0.25, 0.3) is 5.91 Å². The normalized spacial score (nSPS) is 11.2. The Hall–Kier alpha value is -5.22. The average Bonchev–Trinajstić information content (AvgIpc) is 3.59. The molecule has 1 aromatic carbocycles. The molecule has 0 bridgehead atoms. The summed E-state index contributed by atoms with van der Waals surface area (Å²) in [6.07, 6.45) is 4.82. The van der Waals surface area contributed by atoms with E-state index in [0.29, 0.717) is 47.6 Å². The van der Waals surface area contributed by atoms with Gasteiger partial charge in [0.1, 0.15) is 11.4 Å². The van der Waals surface area contributed by atoms with Crippen molar-refractivity contribution in [2.75, 3.05) is 24.4 Å². The first-order valence-corrected chi connectivity index (χ1v) is 12.3. The zero-order valence-corrected chi connectivity index (χ0v) is 21.9. The van der Waals surface area contributed by atoms with E-state index >= 15 is 0 Å². The third-order valence-corrected chi connectivity index (χ3v) is 5.98. The number of nitrogens with zero attached hydrogens (tertiary/aromatic N) is 6. The van der Waals surface area contributed by atoms with Crippen molar-refractivity contribution >= 4 is 28.7 Å². The van der Waals surface area contributed by atoms with Crippen LogP contribution >= 0.6 is 0 Å². The molecule has 0 atom stereocenters. The number of benzene rings is 1. The second-order valence-corrected chi connectivity index (χ2v) is 8.88. The third kappa shape index (κ3) is 6.34. The van der Waals surface area contributed by atoms with Gasteiger partial charge in [-0.25, -0.2) is 9.97 Å². The molecule has 208 valence electrons. The number of aromatic nitrogens is 6. The summed E-state index contributed by atoms with van der Waals surface area (Å²) < 4.78 is 47.6. The molecule has 41 heavy (non-hydrogen) atoms. The first kappa shape index (κ1) is 27.4. The van der Waals surface area contributed by atoms with Crippen molar-refractivity contribution in [2.45, 2.75) is 19.6 Å². The van der Waals surface area contributed by atoms with Crippen LogP contribution in [-0.4, -0.2) is 48.8 Å². The van der Waals surface area contributed by atoms with Crippen molar-refractivity contribution < 1.29 is 22.7 Å². The molecule has 0 aliphatic heterocycles. The van der Waals surface area contributed by atoms with Crippen LogP contribution in [0.3, 0.4) is 0 Å². The molecule has 0 aliphatic carbocycles. The van der Waals surface area contributed by atoms with Crippen LogP contribution in [0.5, 0.6) is 0 Å². The largest absolute Gasteiger partial charge is 0.433 e. The monoisotopic (exact) mass is 560 g/mol. The molecule has 5 aromatic rings. The van der Waals surface area contributed by atoms with E-state index in [4.69, 9.17) is 4.74 Å². The minimum Gasteiger partial charge on any atom is -0.383 e. The zero-order chi connectivity index (χ0) is 29.0. The van der Waals surface area contributed by atoms with Gasteiger partial charge in [-0.2, -0.15) is 18.3 Å². The molecule has 0 fully saturated rings. The van der Waals surface area contributed by atoms with Gasteiger partial charge in [-0.1, -0.05) is 12.0 Å². The van der Waals surface area contributed by atoms with Crippen molar-refractivity contribution in [3.63, 3.8) is 0 Å². The Morgan fingerprint density at radius 1 is 1.05 bits per heavy atom. The number of carbonyl (C=O) groups is 1. The average molecular weight is 561 g/mol. The second-order valence-electron chi connectivity index (χ2n) is 8.88. The highest BCUT2D eigenvalue weighted by molar-refractivity contribution is 6.04. The highest BCUT2D eigenvalue weighted by atomic mass is 19.4. The summed E-state index contributed by atoms with van der Waals surface area (Å²) in [5.41, 5.74) is 2.47. The van der Waals surface area contributed by atoms with Crippen LogP contribution in [0.15, 0.2) is 67.5 Å². The zero-order valence-electron chi connectivity index (χ0n) is 21.9. The molecule has 0 spiro atoms. The SMILES string of the molecule is COCCn1cc(Nc2nccn3c(C#Cc4cc(NC(=O)c5ccnc(C(F)(F)F)c5)ccc4C)cnc23)cn1. The predicted octanol–water partition coefficient (Wildman–Crippen LogP) is 4.69. The number of hydrogen-bond donors (Lipinski definition) is 2. The molecule has 0 saturated carbocycles. The van der Waals surface area contributed by atoms with Gasteiger partial charge in [0.2, 0.25) is 0 Å². The number of halogens is 3. The lowest BCUT2D eigenvalue weighted by molar-refractivity contribution is -0.141. The highest BCUT2D eigenvalue weighted by Crippen LogP contribution is 2.28. The lowest BCUT2D eigenvalue weighted by Crippen LogP contribution is -2.15. The van der Waals surface area contributed by atoms with Crippen molar-refractivity contribution in [1.29, 1.82) is 0 Å². The number of anilines is 3. The van der Waals surface area contributed by atoms with E-state index in [1.165, 1.54) is 6.07 Å². The predicted molar refractivity (Wildman–Crippen MR) is 145 cm³/mol. The van der Waals surface area contributed by atoms with E-state index in [1.54, 1.807) is 59.2 Å². The molecule has 10 nitrogen and oxygen atoms in total. The number of rotatable bonds is 7. The molecule has 1 amide bonds. The Labute approximate surface area is 232 Å². The fraction of sp³-hybridized carbons (Fsp3) is 0.179. The number of carbonyl (C=O) groups excluding carboxylic acids is 1. The molecular weight excluding hydrogens is 537 g/mol. The lowest BCUT2D eigenvalue weighted by Gasteiger charge is -2.09. The summed E-state index contributed by atoms with van der Waals surface area (Å²) in [7, 11) is 1.63. The van der Waals surface area contributed by atoms with Crippen LogP contribution in [0, 0.1) is 18.8 Å². The summed E-state index contributed by atoms with van der Waals surface area (Å²) in [5, 5.41) is 10.1. The maximum atomic E-state index is 13.0. The molecule has 0 radical (unpaired) electrons. The van der Waals surface area contributed by atoms with Crippen LogP contribution < -0.4 is 10.6 Å². The summed E-state index contributed by atoms with van der Waals surface area (Å²) >= 11 is 0. The van der Waals surface area contributed by atoms with Crippen LogP contribution in [0.4, 0.5) is 30.4 Å². The number of ether oxygens (including phenoxy) is 1. The Kier molecular flexibility index (Phi) is 7.66. The lowest BCUT2D eigenvalue weighted by atomic mass is 10.1. The van der Waals surface area contributed by atoms with Crippen LogP contribution in [0.2, 0.25) is 0 Å². The first-order valence-electron chi connectivity index (χ1n) is 12.3. The molecule has 4 heterocycles. The van der Waals surface area contributed by atoms with Gasteiger partial charge < -0.3 is 15.4 Å². The standard InChI is InChI=1S/C28H23F3N8O2/c1-18-3-5-21(37-27(40)20-7-8-32-24(14-20)28(29,30)31)13-19(18)4-6-23-16-34-26-25(33-9-10-39(23)26)36-22-15-35-38(17-22)11-12-41-2/h3,5,7-10,13-17H,11-12H2,1-2H3,(H,33,36)(H,37,40). The minimum atomic E-state index is -4.65. The molecule has 0 unspecified atom stereocenters. The Morgan fingerprint density at radius 2 is 1.90 bits per heavy atom. The Bertz CT molecular complexity index is 1780. The van der Waals surface area contributed by atoms with Crippen molar-refractivity contribution in [1.82, 2.24) is 29.1 Å². The fourth-order valence-electron chi connectivity index (χ4n) is 3.87. The summed E-state index contributed by atoms with van der Waals surface area (Å²) in [5.74, 6) is 6.02. The number of hydrogen-bond acceptors (Lipinski definition) is 7. The second kappa shape index (κ2) is 11.5. The number of methoxy groups -OCH3 is 1. The van der Waals surface area contributed by atoms with Gasteiger partial charge >= 0.3 is 6.18 Å². The molecule has 0 saturated heterocycles. The summed E-state index contributed by atoms with van der Waals surface area (Å²) in [6.45, 7) is 3.02. The molecule has 5 rings (SSSR count). The molecular formula is C28H23F3N8O2. The maximum absolute atomic E-state index is 13.0. The quantitative estimate of drug-likeness (QED) is 0.278. The number of alkyl halides is 3. The third-order valence-electron chi connectivity index (χ3n) is 5.98. The number of imidazole rings is 1. The van der Waals surface area contributed by atoms with Gasteiger partial charge in [-0.05, 0) is 42.7 Å². The van der Waals surface area contributed by atoms with E-state index in [-0.39, 0.29) is 5.56 Å². The molecule has 13 heteroatoms. The minimum absolute atomic E-state index is 0.161. The topological polar surface area (TPSA) is 111 Å². The van der Waals surface area contributed by atoms with Gasteiger partial charge in [0.15, 0.2) is 11.5 Å². The number of amides is 1. The number of pyridine rings is 1. The smallest absolute Gasteiger partial charge is 0.383 e. The number of fused-ring (bicyclic) bond motifs is 1. The molecule has 0 aliphatic rings. The molecule has 2 N–H and O–H groups in total. The van der Waals surface area contributed by atoms with Gasteiger partial charge in [-0.3, -0.25) is 18.9 Å². The van der Waals surface area contributed by atoms with Crippen molar-refractivity contribution in [3.05, 3.63) is 95.6 Å². The number of aryl methyl sites for hydroxylation is 1. The van der Waals surface area contributed by atoms with Crippen molar-refractivity contribution in [3.8, 4) is 11.8 Å². The van der Waals surface area contributed by atoms with Crippen LogP contribution in [0.1, 0.15) is 32.9 Å². The van der Waals surface area contributed by atoms with E-state index in [2.05, 4.69) is 42.5 Å². The molecule has 4 aromatic heterocycles. The number of nitrogens with one attached hydrogen (secondary N) is 2. The maximum Gasteiger partial charge on any atom is 0.433 e. The van der Waals surface area contributed by atoms with Gasteiger partial charge in [0, 0.05) is 48.7 Å². The van der Waals surface area contributed by atoms with Gasteiger partial charge in [-0.15, -0.1) is 0 Å². The van der Waals surface area contributed by atoms with Crippen molar-refractivity contribution in [2.24, 2.45) is 0 Å².